The second-order valence-corrected chi connectivity index (χ2v) is 3.39. The van der Waals surface area contributed by atoms with E-state index < -0.39 is 0 Å². The predicted octanol–water partition coefficient (Wildman–Crippen LogP) is 2.17. The number of aryl methyl sites for hydroxylation is 1. The van der Waals surface area contributed by atoms with Crippen LogP contribution in [0.3, 0.4) is 0 Å². The number of carbonyl (C=O) groups excluding carboxylic acids is 1. The van der Waals surface area contributed by atoms with Crippen molar-refractivity contribution in [3.05, 3.63) is 27.3 Å². The number of benzene rings is 1. The summed E-state index contributed by atoms with van der Waals surface area (Å²) in [5.74, 6) is 0. The zero-order valence-electron chi connectivity index (χ0n) is 6.10. The standard InChI is InChI=1S/C8H8INO/c1-6-2-3-7(10-5-11)4-8(6)9/h2-5H,1H3,(H,10,11). The summed E-state index contributed by atoms with van der Waals surface area (Å²) in [6, 6.07) is 5.80. The molecular formula is C8H8INO. The fourth-order valence-corrected chi connectivity index (χ4v) is 1.27. The van der Waals surface area contributed by atoms with Crippen LogP contribution in [0.4, 0.5) is 5.69 Å². The monoisotopic (exact) mass is 261 g/mol. The summed E-state index contributed by atoms with van der Waals surface area (Å²) in [5.41, 5.74) is 2.07. The van der Waals surface area contributed by atoms with Gasteiger partial charge in [0.05, 0.1) is 0 Å². The minimum absolute atomic E-state index is 0.681. The normalized spacial score (nSPS) is 9.27. The minimum atomic E-state index is 0.681. The third-order valence-corrected chi connectivity index (χ3v) is 2.56. The van der Waals surface area contributed by atoms with E-state index in [4.69, 9.17) is 0 Å². The van der Waals surface area contributed by atoms with Crippen LogP contribution in [0, 0.1) is 10.5 Å². The molecule has 0 saturated heterocycles. The van der Waals surface area contributed by atoms with Crippen molar-refractivity contribution in [1.82, 2.24) is 0 Å². The number of carbonyl (C=O) groups is 1. The SMILES string of the molecule is Cc1ccc(NC=O)cc1I. The Morgan fingerprint density at radius 3 is 2.82 bits per heavy atom. The van der Waals surface area contributed by atoms with Gasteiger partial charge in [0.15, 0.2) is 0 Å². The molecule has 0 unspecified atom stereocenters. The van der Waals surface area contributed by atoms with Gasteiger partial charge in [-0.05, 0) is 47.2 Å². The average Bonchev–Trinajstić information content (AvgIpc) is 1.98. The summed E-state index contributed by atoms with van der Waals surface area (Å²) in [4.78, 5) is 10.1. The van der Waals surface area contributed by atoms with Crippen molar-refractivity contribution in [2.75, 3.05) is 5.32 Å². The topological polar surface area (TPSA) is 29.1 Å². The number of rotatable bonds is 2. The molecular weight excluding hydrogens is 253 g/mol. The summed E-state index contributed by atoms with van der Waals surface area (Å²) >= 11 is 2.23. The van der Waals surface area contributed by atoms with Gasteiger partial charge in [-0.1, -0.05) is 6.07 Å². The summed E-state index contributed by atoms with van der Waals surface area (Å²) in [5, 5.41) is 2.59. The molecule has 0 spiro atoms. The first-order valence-corrected chi connectivity index (χ1v) is 4.28. The van der Waals surface area contributed by atoms with Crippen LogP contribution in [0.2, 0.25) is 0 Å². The Hall–Kier alpha value is -0.580. The lowest BCUT2D eigenvalue weighted by molar-refractivity contribution is -0.105. The molecule has 1 N–H and O–H groups in total. The minimum Gasteiger partial charge on any atom is -0.329 e. The fraction of sp³-hybridized carbons (Fsp3) is 0.125. The zero-order chi connectivity index (χ0) is 8.27. The van der Waals surface area contributed by atoms with Gasteiger partial charge < -0.3 is 5.32 Å². The Labute approximate surface area is 79.1 Å². The number of halogens is 1. The molecule has 2 nitrogen and oxygen atoms in total. The third kappa shape index (κ3) is 2.18. The van der Waals surface area contributed by atoms with Crippen LogP contribution < -0.4 is 5.32 Å². The number of hydrogen-bond donors (Lipinski definition) is 1. The molecule has 0 aliphatic rings. The van der Waals surface area contributed by atoms with Gasteiger partial charge >= 0.3 is 0 Å². The highest BCUT2D eigenvalue weighted by molar-refractivity contribution is 14.1. The molecule has 11 heavy (non-hydrogen) atoms. The van der Waals surface area contributed by atoms with Gasteiger partial charge in [-0.2, -0.15) is 0 Å². The van der Waals surface area contributed by atoms with E-state index in [1.807, 2.05) is 25.1 Å². The Kier molecular flexibility index (Phi) is 2.87. The molecule has 0 heterocycles. The number of nitrogens with one attached hydrogen (secondary N) is 1. The van der Waals surface area contributed by atoms with Crippen LogP contribution in [0.1, 0.15) is 5.56 Å². The van der Waals surface area contributed by atoms with Crippen LogP contribution in [0.15, 0.2) is 18.2 Å². The van der Waals surface area contributed by atoms with Crippen LogP contribution in [-0.4, -0.2) is 6.41 Å². The lowest BCUT2D eigenvalue weighted by atomic mass is 10.2. The third-order valence-electron chi connectivity index (χ3n) is 1.40. The van der Waals surface area contributed by atoms with Crippen molar-refractivity contribution in [3.8, 4) is 0 Å². The van der Waals surface area contributed by atoms with E-state index in [9.17, 15) is 4.79 Å². The highest BCUT2D eigenvalue weighted by Gasteiger charge is 1.94. The van der Waals surface area contributed by atoms with Crippen molar-refractivity contribution in [1.29, 1.82) is 0 Å². The Morgan fingerprint density at radius 2 is 2.27 bits per heavy atom. The quantitative estimate of drug-likeness (QED) is 0.641. The predicted molar refractivity (Wildman–Crippen MR) is 53.6 cm³/mol. The number of anilines is 1. The molecule has 0 saturated carbocycles. The summed E-state index contributed by atoms with van der Waals surface area (Å²) in [7, 11) is 0. The van der Waals surface area contributed by atoms with Gasteiger partial charge in [0.2, 0.25) is 6.41 Å². The molecule has 3 heteroatoms. The lowest BCUT2D eigenvalue weighted by Crippen LogP contribution is -1.94. The van der Waals surface area contributed by atoms with Crippen LogP contribution in [0.25, 0.3) is 0 Å². The van der Waals surface area contributed by atoms with Gasteiger partial charge in [0.1, 0.15) is 0 Å². The summed E-state index contributed by atoms with van der Waals surface area (Å²) in [6.45, 7) is 2.03. The van der Waals surface area contributed by atoms with Crippen molar-refractivity contribution in [3.63, 3.8) is 0 Å². The van der Waals surface area contributed by atoms with Crippen molar-refractivity contribution >= 4 is 34.7 Å². The van der Waals surface area contributed by atoms with E-state index >= 15 is 0 Å². The van der Waals surface area contributed by atoms with Gasteiger partial charge in [-0.3, -0.25) is 4.79 Å². The smallest absolute Gasteiger partial charge is 0.211 e. The fourth-order valence-electron chi connectivity index (χ4n) is 0.751. The molecule has 1 aromatic carbocycles. The Bertz CT molecular complexity index is 273. The molecule has 0 aromatic heterocycles. The van der Waals surface area contributed by atoms with Gasteiger partial charge in [0.25, 0.3) is 0 Å². The molecule has 1 rings (SSSR count). The van der Waals surface area contributed by atoms with E-state index in [0.717, 1.165) is 9.26 Å². The van der Waals surface area contributed by atoms with E-state index in [2.05, 4.69) is 27.9 Å². The summed E-state index contributed by atoms with van der Waals surface area (Å²) in [6.07, 6.45) is 0.681. The molecule has 1 amide bonds. The van der Waals surface area contributed by atoms with Crippen molar-refractivity contribution in [2.45, 2.75) is 6.92 Å². The maximum atomic E-state index is 10.1. The molecule has 0 aliphatic heterocycles. The molecule has 0 fully saturated rings. The zero-order valence-corrected chi connectivity index (χ0v) is 8.25. The Balaban J connectivity index is 2.95. The highest BCUT2D eigenvalue weighted by Crippen LogP contribution is 2.16. The number of hydrogen-bond acceptors (Lipinski definition) is 1. The molecule has 0 radical (unpaired) electrons. The number of amides is 1. The molecule has 0 atom stereocenters. The summed E-state index contributed by atoms with van der Waals surface area (Å²) < 4.78 is 1.16. The van der Waals surface area contributed by atoms with Crippen LogP contribution >= 0.6 is 22.6 Å². The average molecular weight is 261 g/mol. The molecule has 58 valence electrons. The van der Waals surface area contributed by atoms with Crippen LogP contribution in [0.5, 0.6) is 0 Å². The molecule has 1 aromatic rings. The first-order valence-electron chi connectivity index (χ1n) is 3.20. The molecule has 0 aliphatic carbocycles. The van der Waals surface area contributed by atoms with Gasteiger partial charge in [-0.15, -0.1) is 0 Å². The van der Waals surface area contributed by atoms with Crippen LogP contribution in [-0.2, 0) is 4.79 Å². The first kappa shape index (κ1) is 8.52. The van der Waals surface area contributed by atoms with Crippen molar-refractivity contribution < 1.29 is 4.79 Å². The van der Waals surface area contributed by atoms with E-state index in [0.29, 0.717) is 6.41 Å². The van der Waals surface area contributed by atoms with E-state index in [1.165, 1.54) is 5.56 Å². The molecule has 0 bridgehead atoms. The lowest BCUT2D eigenvalue weighted by Gasteiger charge is -2.00. The maximum Gasteiger partial charge on any atom is 0.211 e. The van der Waals surface area contributed by atoms with Gasteiger partial charge in [0, 0.05) is 9.26 Å². The maximum absolute atomic E-state index is 10.1. The van der Waals surface area contributed by atoms with E-state index in [-0.39, 0.29) is 0 Å². The van der Waals surface area contributed by atoms with E-state index in [1.54, 1.807) is 0 Å². The largest absolute Gasteiger partial charge is 0.329 e. The second kappa shape index (κ2) is 3.71. The highest BCUT2D eigenvalue weighted by atomic mass is 127. The van der Waals surface area contributed by atoms with Crippen molar-refractivity contribution in [2.24, 2.45) is 0 Å². The first-order chi connectivity index (χ1) is 5.24. The van der Waals surface area contributed by atoms with Gasteiger partial charge in [-0.25, -0.2) is 0 Å². The second-order valence-electron chi connectivity index (χ2n) is 2.23. The Morgan fingerprint density at radius 1 is 1.55 bits per heavy atom.